The minimum absolute atomic E-state index is 0.0792. The molecule has 0 aromatic heterocycles. The van der Waals surface area contributed by atoms with Crippen LogP contribution in [0.2, 0.25) is 0 Å². The number of sulfonamides is 1. The van der Waals surface area contributed by atoms with Gasteiger partial charge in [-0.3, -0.25) is 0 Å². The molecule has 2 aromatic rings. The summed E-state index contributed by atoms with van der Waals surface area (Å²) in [4.78, 5) is 12.2. The van der Waals surface area contributed by atoms with Crippen LogP contribution in [0.3, 0.4) is 0 Å². The summed E-state index contributed by atoms with van der Waals surface area (Å²) in [5, 5.41) is 8.84. The zero-order valence-corrected chi connectivity index (χ0v) is 15.8. The summed E-state index contributed by atoms with van der Waals surface area (Å²) in [5.74, 6) is -1.30. The van der Waals surface area contributed by atoms with Crippen molar-refractivity contribution in [3.8, 4) is 6.07 Å². The van der Waals surface area contributed by atoms with E-state index in [1.54, 1.807) is 13.8 Å². The lowest BCUT2D eigenvalue weighted by atomic mass is 10.1. The molecule has 0 heterocycles. The quantitative estimate of drug-likeness (QED) is 0.678. The SMILES string of the molecule is CCN(CC)S(=O)(=O)c1ccc(C(=O)OCc2cc(C#N)ccc2F)cc1. The highest BCUT2D eigenvalue weighted by molar-refractivity contribution is 7.89. The fourth-order valence-electron chi connectivity index (χ4n) is 2.46. The van der Waals surface area contributed by atoms with Crippen molar-refractivity contribution in [1.29, 1.82) is 5.26 Å². The van der Waals surface area contributed by atoms with Gasteiger partial charge in [0, 0.05) is 18.7 Å². The van der Waals surface area contributed by atoms with Gasteiger partial charge in [0.2, 0.25) is 10.0 Å². The number of nitrogens with zero attached hydrogens (tertiary/aromatic N) is 2. The molecule has 0 saturated heterocycles. The van der Waals surface area contributed by atoms with Gasteiger partial charge in [0.15, 0.2) is 0 Å². The van der Waals surface area contributed by atoms with E-state index in [0.29, 0.717) is 13.1 Å². The van der Waals surface area contributed by atoms with Crippen molar-refractivity contribution in [2.75, 3.05) is 13.1 Å². The Morgan fingerprint density at radius 1 is 1.15 bits per heavy atom. The Labute approximate surface area is 157 Å². The minimum Gasteiger partial charge on any atom is -0.457 e. The van der Waals surface area contributed by atoms with Gasteiger partial charge in [-0.15, -0.1) is 0 Å². The molecule has 6 nitrogen and oxygen atoms in total. The molecule has 0 bridgehead atoms. The number of rotatable bonds is 7. The van der Waals surface area contributed by atoms with Gasteiger partial charge in [-0.05, 0) is 42.5 Å². The van der Waals surface area contributed by atoms with Gasteiger partial charge >= 0.3 is 5.97 Å². The highest BCUT2D eigenvalue weighted by atomic mass is 32.2. The van der Waals surface area contributed by atoms with Gasteiger partial charge in [0.05, 0.1) is 22.1 Å². The monoisotopic (exact) mass is 390 g/mol. The smallest absolute Gasteiger partial charge is 0.338 e. The third kappa shape index (κ3) is 4.70. The molecule has 0 radical (unpaired) electrons. The number of nitriles is 1. The molecule has 27 heavy (non-hydrogen) atoms. The Hall–Kier alpha value is -2.76. The Balaban J connectivity index is 2.11. The maximum absolute atomic E-state index is 13.7. The van der Waals surface area contributed by atoms with Crippen LogP contribution in [0.5, 0.6) is 0 Å². The van der Waals surface area contributed by atoms with E-state index in [1.165, 1.54) is 40.7 Å². The first-order valence-electron chi connectivity index (χ1n) is 8.29. The molecule has 0 atom stereocenters. The molecule has 142 valence electrons. The number of esters is 1. The van der Waals surface area contributed by atoms with E-state index in [0.717, 1.165) is 6.07 Å². The summed E-state index contributed by atoms with van der Waals surface area (Å²) in [7, 11) is -3.61. The molecule has 0 saturated carbocycles. The average Bonchev–Trinajstić information content (AvgIpc) is 2.68. The predicted octanol–water partition coefficient (Wildman–Crippen LogP) is 3.08. The highest BCUT2D eigenvalue weighted by Crippen LogP contribution is 2.17. The zero-order valence-electron chi connectivity index (χ0n) is 15.0. The van der Waals surface area contributed by atoms with Crippen molar-refractivity contribution in [2.45, 2.75) is 25.3 Å². The lowest BCUT2D eigenvalue weighted by molar-refractivity contribution is 0.0469. The third-order valence-electron chi connectivity index (χ3n) is 3.97. The molecule has 0 aliphatic carbocycles. The summed E-state index contributed by atoms with van der Waals surface area (Å²) >= 11 is 0. The summed E-state index contributed by atoms with van der Waals surface area (Å²) in [6, 6.07) is 11.0. The lowest BCUT2D eigenvalue weighted by Crippen LogP contribution is -2.30. The van der Waals surface area contributed by atoms with Crippen molar-refractivity contribution < 1.29 is 22.3 Å². The van der Waals surface area contributed by atoms with E-state index >= 15 is 0 Å². The van der Waals surface area contributed by atoms with Crippen LogP contribution in [0.1, 0.15) is 35.3 Å². The first-order valence-corrected chi connectivity index (χ1v) is 9.73. The van der Waals surface area contributed by atoms with Crippen LogP contribution in [0, 0.1) is 17.1 Å². The molecule has 0 fully saturated rings. The first-order chi connectivity index (χ1) is 12.8. The second-order valence-electron chi connectivity index (χ2n) is 5.61. The maximum Gasteiger partial charge on any atom is 0.338 e. The first kappa shape index (κ1) is 20.6. The van der Waals surface area contributed by atoms with Crippen LogP contribution < -0.4 is 0 Å². The Morgan fingerprint density at radius 3 is 2.33 bits per heavy atom. The fourth-order valence-corrected chi connectivity index (χ4v) is 3.92. The van der Waals surface area contributed by atoms with Crippen LogP contribution >= 0.6 is 0 Å². The molecule has 0 aliphatic heterocycles. The molecule has 0 spiro atoms. The lowest BCUT2D eigenvalue weighted by Gasteiger charge is -2.18. The fraction of sp³-hybridized carbons (Fsp3) is 0.263. The Bertz CT molecular complexity index is 962. The average molecular weight is 390 g/mol. The third-order valence-corrected chi connectivity index (χ3v) is 6.03. The molecule has 2 aromatic carbocycles. The molecule has 8 heteroatoms. The number of hydrogen-bond acceptors (Lipinski definition) is 5. The standard InChI is InChI=1S/C19H19FN2O4S/c1-3-22(4-2)27(24,25)17-8-6-15(7-9-17)19(23)26-13-16-11-14(12-21)5-10-18(16)20/h5-11H,3-4,13H2,1-2H3. The van der Waals surface area contributed by atoms with E-state index in [2.05, 4.69) is 0 Å². The minimum atomic E-state index is -3.61. The number of carbonyl (C=O) groups excluding carboxylic acids is 1. The molecule has 0 N–H and O–H groups in total. The van der Waals surface area contributed by atoms with Crippen LogP contribution in [0.25, 0.3) is 0 Å². The number of hydrogen-bond donors (Lipinski definition) is 0. The van der Waals surface area contributed by atoms with Crippen molar-refractivity contribution in [1.82, 2.24) is 4.31 Å². The second-order valence-corrected chi connectivity index (χ2v) is 7.55. The van der Waals surface area contributed by atoms with Crippen LogP contribution in [-0.2, 0) is 21.4 Å². The zero-order chi connectivity index (χ0) is 20.0. The van der Waals surface area contributed by atoms with Crippen LogP contribution in [-0.4, -0.2) is 31.8 Å². The number of carbonyl (C=O) groups is 1. The number of halogens is 1. The second kappa shape index (κ2) is 8.75. The molecular formula is C19H19FN2O4S. The van der Waals surface area contributed by atoms with Crippen LogP contribution in [0.15, 0.2) is 47.4 Å². The number of ether oxygens (including phenoxy) is 1. The molecule has 0 amide bonds. The summed E-state index contributed by atoms with van der Waals surface area (Å²) in [6.07, 6.45) is 0. The topological polar surface area (TPSA) is 87.5 Å². The summed E-state index contributed by atoms with van der Waals surface area (Å²) in [5.41, 5.74) is 0.488. The largest absolute Gasteiger partial charge is 0.457 e. The van der Waals surface area contributed by atoms with E-state index in [1.807, 2.05) is 6.07 Å². The number of benzene rings is 2. The predicted molar refractivity (Wildman–Crippen MR) is 96.8 cm³/mol. The summed E-state index contributed by atoms with van der Waals surface area (Å²) in [6.45, 7) is 3.84. The summed E-state index contributed by atoms with van der Waals surface area (Å²) < 4.78 is 44.9. The van der Waals surface area contributed by atoms with Gasteiger partial charge < -0.3 is 4.74 Å². The normalized spacial score (nSPS) is 11.2. The molecule has 2 rings (SSSR count). The Morgan fingerprint density at radius 2 is 1.78 bits per heavy atom. The Kier molecular flexibility index (Phi) is 6.66. The van der Waals surface area contributed by atoms with Crippen molar-refractivity contribution in [3.63, 3.8) is 0 Å². The molecule has 0 aliphatic rings. The van der Waals surface area contributed by atoms with E-state index < -0.39 is 21.8 Å². The van der Waals surface area contributed by atoms with E-state index in [4.69, 9.17) is 10.00 Å². The van der Waals surface area contributed by atoms with Gasteiger partial charge in [0.1, 0.15) is 12.4 Å². The highest BCUT2D eigenvalue weighted by Gasteiger charge is 2.22. The van der Waals surface area contributed by atoms with E-state index in [9.17, 15) is 17.6 Å². The van der Waals surface area contributed by atoms with Gasteiger partial charge in [-0.25, -0.2) is 17.6 Å². The maximum atomic E-state index is 13.7. The van der Waals surface area contributed by atoms with Crippen LogP contribution in [0.4, 0.5) is 4.39 Å². The molecule has 0 unspecified atom stereocenters. The van der Waals surface area contributed by atoms with Crippen molar-refractivity contribution in [3.05, 3.63) is 65.0 Å². The van der Waals surface area contributed by atoms with Crippen molar-refractivity contribution in [2.24, 2.45) is 0 Å². The van der Waals surface area contributed by atoms with Crippen molar-refractivity contribution >= 4 is 16.0 Å². The van der Waals surface area contributed by atoms with Gasteiger partial charge in [0.25, 0.3) is 0 Å². The van der Waals surface area contributed by atoms with E-state index in [-0.39, 0.29) is 28.2 Å². The molecular weight excluding hydrogens is 371 g/mol. The van der Waals surface area contributed by atoms with Gasteiger partial charge in [-0.1, -0.05) is 13.8 Å². The van der Waals surface area contributed by atoms with Gasteiger partial charge in [-0.2, -0.15) is 9.57 Å².